The highest BCUT2D eigenvalue weighted by molar-refractivity contribution is 9.10. The molecule has 5 aromatic rings. The molecule has 0 aliphatic heterocycles. The molecule has 41 heavy (non-hydrogen) atoms. The van der Waals surface area contributed by atoms with Crippen LogP contribution in [0.25, 0.3) is 22.2 Å². The minimum Gasteiger partial charge on any atom is -0.290 e. The zero-order valence-corrected chi connectivity index (χ0v) is 24.2. The Morgan fingerprint density at radius 2 is 1.29 bits per heavy atom. The van der Waals surface area contributed by atoms with E-state index in [0.717, 1.165) is 51.3 Å². The molecule has 0 saturated carbocycles. The third-order valence-corrected chi connectivity index (χ3v) is 9.18. The quantitative estimate of drug-likeness (QED) is 0.107. The van der Waals surface area contributed by atoms with Gasteiger partial charge in [-0.15, -0.1) is 0 Å². The third-order valence-electron chi connectivity index (χ3n) is 6.38. The van der Waals surface area contributed by atoms with Crippen molar-refractivity contribution in [3.8, 4) is 11.1 Å². The molecule has 0 aliphatic carbocycles. The predicted octanol–water partition coefficient (Wildman–Crippen LogP) is 9.48. The van der Waals surface area contributed by atoms with E-state index in [2.05, 4.69) is 15.9 Å². The number of nitrogens with two attached hydrogens (primary N) is 1. The van der Waals surface area contributed by atoms with Gasteiger partial charge in [-0.25, -0.2) is 9.13 Å². The second-order valence-electron chi connectivity index (χ2n) is 8.93. The zero-order valence-electron chi connectivity index (χ0n) is 21.0. The van der Waals surface area contributed by atoms with Crippen LogP contribution in [0.1, 0.15) is 11.1 Å². The molecule has 0 saturated heterocycles. The van der Waals surface area contributed by atoms with Gasteiger partial charge in [0.25, 0.3) is 0 Å². The number of hydrogen-bond acceptors (Lipinski definition) is 3. The summed E-state index contributed by atoms with van der Waals surface area (Å²) in [6, 6.07) is 23.8. The van der Waals surface area contributed by atoms with Gasteiger partial charge in [0.1, 0.15) is 22.8 Å². The van der Waals surface area contributed by atoms with Gasteiger partial charge in [0, 0.05) is 14.3 Å². The van der Waals surface area contributed by atoms with Crippen molar-refractivity contribution < 1.29 is 30.9 Å². The molecular weight excluding hydrogens is 648 g/mol. The third kappa shape index (κ3) is 6.24. The molecule has 0 aliphatic rings. The van der Waals surface area contributed by atoms with E-state index in [1.807, 2.05) is 42.5 Å². The fraction of sp³-hybridized carbons (Fsp3) is 0.138. The Kier molecular flexibility index (Phi) is 8.36. The second kappa shape index (κ2) is 11.7. The second-order valence-corrected chi connectivity index (χ2v) is 11.8. The van der Waals surface area contributed by atoms with Gasteiger partial charge in [0.05, 0.1) is 11.1 Å². The van der Waals surface area contributed by atoms with Gasteiger partial charge < -0.3 is 0 Å². The lowest BCUT2D eigenvalue weighted by molar-refractivity contribution is -0.635. The van der Waals surface area contributed by atoms with Crippen molar-refractivity contribution >= 4 is 56.4 Å². The van der Waals surface area contributed by atoms with E-state index < -0.39 is 23.5 Å². The van der Waals surface area contributed by atoms with E-state index in [9.17, 15) is 26.3 Å². The molecular formula is C29H21BrF6N3S2+. The topological polar surface area (TPSA) is 34.8 Å². The fourth-order valence-electron chi connectivity index (χ4n) is 4.42. The van der Waals surface area contributed by atoms with Gasteiger partial charge in [0.15, 0.2) is 0 Å². The summed E-state index contributed by atoms with van der Waals surface area (Å²) < 4.78 is 85.9. The Morgan fingerprint density at radius 3 is 1.90 bits per heavy atom. The number of rotatable bonds is 7. The summed E-state index contributed by atoms with van der Waals surface area (Å²) in [4.78, 5) is 0.0920. The van der Waals surface area contributed by atoms with Crippen LogP contribution in [0.15, 0.2) is 105 Å². The van der Waals surface area contributed by atoms with Gasteiger partial charge in [-0.2, -0.15) is 26.3 Å². The molecule has 0 radical (unpaired) electrons. The molecule has 4 aromatic carbocycles. The lowest BCUT2D eigenvalue weighted by Crippen LogP contribution is -2.35. The van der Waals surface area contributed by atoms with Crippen LogP contribution in [0.2, 0.25) is 0 Å². The number of imidazole rings is 1. The number of anilines is 1. The van der Waals surface area contributed by atoms with Crippen LogP contribution >= 0.6 is 39.5 Å². The summed E-state index contributed by atoms with van der Waals surface area (Å²) in [7, 11) is 0. The van der Waals surface area contributed by atoms with Crippen molar-refractivity contribution in [1.82, 2.24) is 4.57 Å². The van der Waals surface area contributed by atoms with Crippen molar-refractivity contribution in [2.45, 2.75) is 33.9 Å². The molecule has 0 unspecified atom stereocenters. The highest BCUT2D eigenvalue weighted by Crippen LogP contribution is 2.39. The summed E-state index contributed by atoms with van der Waals surface area (Å²) in [6.07, 6.45) is -9.04. The van der Waals surface area contributed by atoms with Crippen LogP contribution in [-0.4, -0.2) is 4.57 Å². The monoisotopic (exact) mass is 668 g/mol. The first-order chi connectivity index (χ1) is 19.4. The molecule has 3 nitrogen and oxygen atoms in total. The standard InChI is InChI=1S/C29H20BrF6N3S2/c30-22-10-4-1-7-19(22)18-13-14-23-24(15-18)39(17-41-26-12-6-3-9-21(26)29(34,35)36)27(37)38(23)16-40-25-11-5-2-8-20(25)28(31,32)33/h1-15,37H,16-17H2/p+1. The van der Waals surface area contributed by atoms with E-state index in [1.165, 1.54) is 36.4 Å². The molecule has 2 N–H and O–H groups in total. The number of halogens is 7. The highest BCUT2D eigenvalue weighted by atomic mass is 79.9. The first-order valence-electron chi connectivity index (χ1n) is 12.1. The van der Waals surface area contributed by atoms with E-state index >= 15 is 0 Å². The number of nitrogens with zero attached hydrogens (tertiary/aromatic N) is 2. The van der Waals surface area contributed by atoms with Crippen LogP contribution in [-0.2, 0) is 24.1 Å². The maximum Gasteiger partial charge on any atom is 0.417 e. The highest BCUT2D eigenvalue weighted by Gasteiger charge is 2.35. The van der Waals surface area contributed by atoms with Gasteiger partial charge >= 0.3 is 18.3 Å². The summed E-state index contributed by atoms with van der Waals surface area (Å²) in [5.74, 6) is 0.310. The molecule has 0 spiro atoms. The smallest absolute Gasteiger partial charge is 0.290 e. The van der Waals surface area contributed by atoms with Crippen molar-refractivity contribution in [2.75, 3.05) is 5.73 Å². The molecule has 5 rings (SSSR count). The number of aromatic nitrogens is 2. The maximum atomic E-state index is 13.6. The molecule has 212 valence electrons. The van der Waals surface area contributed by atoms with E-state index in [4.69, 9.17) is 5.73 Å². The average molecular weight is 670 g/mol. The molecule has 1 aromatic heterocycles. The molecule has 0 fully saturated rings. The Labute approximate surface area is 248 Å². The minimum absolute atomic E-state index is 0.0447. The van der Waals surface area contributed by atoms with Gasteiger partial charge in [-0.3, -0.25) is 5.73 Å². The predicted molar refractivity (Wildman–Crippen MR) is 154 cm³/mol. The number of hydrogen-bond donors (Lipinski definition) is 1. The first kappa shape index (κ1) is 29.4. The van der Waals surface area contributed by atoms with Crippen molar-refractivity contribution in [2.24, 2.45) is 0 Å². The van der Waals surface area contributed by atoms with Crippen LogP contribution in [0.5, 0.6) is 0 Å². The maximum absolute atomic E-state index is 13.6. The summed E-state index contributed by atoms with van der Waals surface area (Å²) in [5.41, 5.74) is 8.07. The normalized spacial score (nSPS) is 12.3. The van der Waals surface area contributed by atoms with Crippen LogP contribution < -0.4 is 10.3 Å². The lowest BCUT2D eigenvalue weighted by Gasteiger charge is -2.12. The van der Waals surface area contributed by atoms with Gasteiger partial charge in [0.2, 0.25) is 0 Å². The Balaban J connectivity index is 1.57. The lowest BCUT2D eigenvalue weighted by atomic mass is 10.1. The zero-order chi connectivity index (χ0) is 29.4. The SMILES string of the molecule is Nc1n(CSc2ccccc2C(F)(F)F)c2cc(-c3ccccc3Br)ccc2[n+]1CSc1ccccc1C(F)(F)F. The average Bonchev–Trinajstić information content (AvgIpc) is 3.19. The number of thioether (sulfide) groups is 2. The first-order valence-corrected chi connectivity index (χ1v) is 14.9. The number of fused-ring (bicyclic) bond motifs is 1. The van der Waals surface area contributed by atoms with E-state index in [0.29, 0.717) is 11.0 Å². The Bertz CT molecular complexity index is 1720. The number of benzene rings is 4. The molecule has 0 amide bonds. The molecule has 0 bridgehead atoms. The van der Waals surface area contributed by atoms with Gasteiger partial charge in [-0.05, 0) is 53.6 Å². The fourth-order valence-corrected chi connectivity index (χ4v) is 7.04. The summed E-state index contributed by atoms with van der Waals surface area (Å²) in [6.45, 7) is 0. The summed E-state index contributed by atoms with van der Waals surface area (Å²) in [5, 5.41) is 0. The van der Waals surface area contributed by atoms with Crippen LogP contribution in [0.3, 0.4) is 0 Å². The summed E-state index contributed by atoms with van der Waals surface area (Å²) >= 11 is 5.51. The van der Waals surface area contributed by atoms with Gasteiger partial charge in [-0.1, -0.05) is 88.0 Å². The molecule has 0 atom stereocenters. The van der Waals surface area contributed by atoms with Crippen LogP contribution in [0, 0.1) is 0 Å². The van der Waals surface area contributed by atoms with Crippen molar-refractivity contribution in [3.63, 3.8) is 0 Å². The minimum atomic E-state index is -4.52. The molecule has 1 heterocycles. The molecule has 12 heteroatoms. The number of alkyl halides is 6. The Hall–Kier alpha value is -3.09. The largest absolute Gasteiger partial charge is 0.417 e. The van der Waals surface area contributed by atoms with Crippen molar-refractivity contribution in [1.29, 1.82) is 0 Å². The van der Waals surface area contributed by atoms with E-state index in [1.54, 1.807) is 9.13 Å². The van der Waals surface area contributed by atoms with Crippen LogP contribution in [0.4, 0.5) is 32.3 Å². The van der Waals surface area contributed by atoms with Crippen molar-refractivity contribution in [3.05, 3.63) is 107 Å². The number of nitrogen functional groups attached to an aromatic ring is 1. The van der Waals surface area contributed by atoms with E-state index in [-0.39, 0.29) is 27.5 Å². The Morgan fingerprint density at radius 1 is 0.732 bits per heavy atom.